The number of carbonyl (C=O) groups excluding carboxylic acids is 1. The summed E-state index contributed by atoms with van der Waals surface area (Å²) in [5.41, 5.74) is 3.92. The van der Waals surface area contributed by atoms with Crippen molar-refractivity contribution in [2.24, 2.45) is 0 Å². The summed E-state index contributed by atoms with van der Waals surface area (Å²) in [5.74, 6) is -0.237. The standard InChI is InChI=1S/C22H29N3O3S/c1-17-6-11-20(14-21(17)24-29(2,27)28)22(26)23-15-18-7-9-19(10-8-18)16-25-12-4-3-5-13-25/h6-11,14,24H,3-5,12-13,15-16H2,1-2H3,(H,23,26). The van der Waals surface area contributed by atoms with Gasteiger partial charge < -0.3 is 5.32 Å². The van der Waals surface area contributed by atoms with Crippen molar-refractivity contribution in [3.63, 3.8) is 0 Å². The molecule has 1 amide bonds. The molecule has 1 heterocycles. The summed E-state index contributed by atoms with van der Waals surface area (Å²) in [5, 5.41) is 2.90. The maximum absolute atomic E-state index is 12.5. The number of nitrogens with one attached hydrogen (secondary N) is 2. The van der Waals surface area contributed by atoms with Gasteiger partial charge in [-0.3, -0.25) is 14.4 Å². The number of benzene rings is 2. The Morgan fingerprint density at radius 3 is 2.31 bits per heavy atom. The van der Waals surface area contributed by atoms with E-state index in [1.54, 1.807) is 25.1 Å². The number of aryl methyl sites for hydroxylation is 1. The smallest absolute Gasteiger partial charge is 0.251 e. The van der Waals surface area contributed by atoms with Crippen molar-refractivity contribution in [2.75, 3.05) is 24.1 Å². The van der Waals surface area contributed by atoms with E-state index in [-0.39, 0.29) is 5.91 Å². The van der Waals surface area contributed by atoms with E-state index in [0.717, 1.165) is 23.9 Å². The zero-order valence-electron chi connectivity index (χ0n) is 17.1. The molecular formula is C22H29N3O3S. The van der Waals surface area contributed by atoms with Crippen molar-refractivity contribution in [2.45, 2.75) is 39.3 Å². The highest BCUT2D eigenvalue weighted by Gasteiger charge is 2.12. The van der Waals surface area contributed by atoms with Crippen LogP contribution < -0.4 is 10.0 Å². The normalized spacial score (nSPS) is 15.1. The fraction of sp³-hybridized carbons (Fsp3) is 0.409. The maximum Gasteiger partial charge on any atom is 0.251 e. The first kappa shape index (κ1) is 21.3. The molecule has 2 aromatic carbocycles. The Morgan fingerprint density at radius 1 is 1.00 bits per heavy atom. The van der Waals surface area contributed by atoms with Gasteiger partial charge in [0.05, 0.1) is 11.9 Å². The van der Waals surface area contributed by atoms with Crippen LogP contribution in [0, 0.1) is 6.92 Å². The molecule has 0 radical (unpaired) electrons. The predicted molar refractivity (Wildman–Crippen MR) is 116 cm³/mol. The van der Waals surface area contributed by atoms with Gasteiger partial charge in [-0.25, -0.2) is 8.42 Å². The molecule has 156 valence electrons. The highest BCUT2D eigenvalue weighted by Crippen LogP contribution is 2.18. The highest BCUT2D eigenvalue weighted by atomic mass is 32.2. The maximum atomic E-state index is 12.5. The molecule has 1 aliphatic heterocycles. The monoisotopic (exact) mass is 415 g/mol. The van der Waals surface area contributed by atoms with Gasteiger partial charge in [-0.05, 0) is 61.7 Å². The lowest BCUT2D eigenvalue weighted by atomic mass is 10.1. The van der Waals surface area contributed by atoms with Gasteiger partial charge in [0.25, 0.3) is 5.91 Å². The van der Waals surface area contributed by atoms with Crippen molar-refractivity contribution >= 4 is 21.6 Å². The average Bonchev–Trinajstić information content (AvgIpc) is 2.69. The summed E-state index contributed by atoms with van der Waals surface area (Å²) in [6.45, 7) is 5.54. The van der Waals surface area contributed by atoms with Gasteiger partial charge in [0, 0.05) is 18.7 Å². The molecule has 0 saturated carbocycles. The molecular weight excluding hydrogens is 386 g/mol. The van der Waals surface area contributed by atoms with Crippen LogP contribution in [0.5, 0.6) is 0 Å². The minimum atomic E-state index is -3.40. The highest BCUT2D eigenvalue weighted by molar-refractivity contribution is 7.92. The van der Waals surface area contributed by atoms with Crippen LogP contribution in [0.2, 0.25) is 0 Å². The largest absolute Gasteiger partial charge is 0.348 e. The summed E-state index contributed by atoms with van der Waals surface area (Å²) in [4.78, 5) is 15.0. The molecule has 2 aromatic rings. The van der Waals surface area contributed by atoms with Crippen LogP contribution in [0.4, 0.5) is 5.69 Å². The van der Waals surface area contributed by atoms with Crippen LogP contribution >= 0.6 is 0 Å². The molecule has 6 nitrogen and oxygen atoms in total. The second kappa shape index (κ2) is 9.41. The van der Waals surface area contributed by atoms with Crippen LogP contribution in [0.15, 0.2) is 42.5 Å². The number of piperidine rings is 1. The number of sulfonamides is 1. The lowest BCUT2D eigenvalue weighted by Crippen LogP contribution is -2.29. The molecule has 1 aliphatic rings. The van der Waals surface area contributed by atoms with Gasteiger partial charge in [-0.2, -0.15) is 0 Å². The number of nitrogens with zero attached hydrogens (tertiary/aromatic N) is 1. The van der Waals surface area contributed by atoms with Crippen molar-refractivity contribution in [3.8, 4) is 0 Å². The van der Waals surface area contributed by atoms with Gasteiger partial charge >= 0.3 is 0 Å². The Hall–Kier alpha value is -2.38. The van der Waals surface area contributed by atoms with E-state index in [1.165, 1.54) is 37.9 Å². The van der Waals surface area contributed by atoms with Crippen LogP contribution in [-0.4, -0.2) is 38.6 Å². The molecule has 2 N–H and O–H groups in total. The molecule has 7 heteroatoms. The third-order valence-electron chi connectivity index (χ3n) is 5.13. The molecule has 0 atom stereocenters. The zero-order chi connectivity index (χ0) is 20.9. The molecule has 0 bridgehead atoms. The predicted octanol–water partition coefficient (Wildman–Crippen LogP) is 3.28. The zero-order valence-corrected chi connectivity index (χ0v) is 17.9. The number of anilines is 1. The number of likely N-dealkylation sites (tertiary alicyclic amines) is 1. The molecule has 0 spiro atoms. The Bertz CT molecular complexity index is 950. The fourth-order valence-electron chi connectivity index (χ4n) is 3.50. The van der Waals surface area contributed by atoms with Crippen LogP contribution in [0.1, 0.15) is 46.3 Å². The van der Waals surface area contributed by atoms with Crippen LogP contribution in [0.3, 0.4) is 0 Å². The number of carbonyl (C=O) groups is 1. The lowest BCUT2D eigenvalue weighted by Gasteiger charge is -2.26. The van der Waals surface area contributed by atoms with Gasteiger partial charge in [0.15, 0.2) is 0 Å². The van der Waals surface area contributed by atoms with E-state index in [2.05, 4.69) is 27.1 Å². The summed E-state index contributed by atoms with van der Waals surface area (Å²) < 4.78 is 25.4. The van der Waals surface area contributed by atoms with E-state index in [4.69, 9.17) is 0 Å². The number of hydrogen-bond donors (Lipinski definition) is 2. The summed E-state index contributed by atoms with van der Waals surface area (Å²) >= 11 is 0. The minimum absolute atomic E-state index is 0.237. The fourth-order valence-corrected chi connectivity index (χ4v) is 4.11. The lowest BCUT2D eigenvalue weighted by molar-refractivity contribution is 0.0951. The molecule has 0 aromatic heterocycles. The molecule has 0 aliphatic carbocycles. The van der Waals surface area contributed by atoms with Crippen molar-refractivity contribution in [1.29, 1.82) is 0 Å². The van der Waals surface area contributed by atoms with Crippen LogP contribution in [-0.2, 0) is 23.1 Å². The van der Waals surface area contributed by atoms with E-state index >= 15 is 0 Å². The van der Waals surface area contributed by atoms with Crippen LogP contribution in [0.25, 0.3) is 0 Å². The van der Waals surface area contributed by atoms with Gasteiger partial charge in [-0.1, -0.05) is 36.8 Å². The van der Waals surface area contributed by atoms with Gasteiger partial charge in [-0.15, -0.1) is 0 Å². The Kier molecular flexibility index (Phi) is 6.92. The topological polar surface area (TPSA) is 78.5 Å². The Morgan fingerprint density at radius 2 is 1.66 bits per heavy atom. The molecule has 3 rings (SSSR count). The van der Waals surface area contributed by atoms with E-state index < -0.39 is 10.0 Å². The Balaban J connectivity index is 1.57. The quantitative estimate of drug-likeness (QED) is 0.727. The summed E-state index contributed by atoms with van der Waals surface area (Å²) in [7, 11) is -3.40. The number of hydrogen-bond acceptors (Lipinski definition) is 4. The van der Waals surface area contributed by atoms with Crippen molar-refractivity contribution in [3.05, 3.63) is 64.7 Å². The molecule has 1 fully saturated rings. The van der Waals surface area contributed by atoms with E-state index in [9.17, 15) is 13.2 Å². The van der Waals surface area contributed by atoms with Crippen molar-refractivity contribution < 1.29 is 13.2 Å². The molecule has 1 saturated heterocycles. The SMILES string of the molecule is Cc1ccc(C(=O)NCc2ccc(CN3CCCCC3)cc2)cc1NS(C)(=O)=O. The summed E-state index contributed by atoms with van der Waals surface area (Å²) in [6.07, 6.45) is 4.99. The van der Waals surface area contributed by atoms with Crippen molar-refractivity contribution in [1.82, 2.24) is 10.2 Å². The first-order chi connectivity index (χ1) is 13.8. The number of amides is 1. The average molecular weight is 416 g/mol. The van der Waals surface area contributed by atoms with Gasteiger partial charge in [0.2, 0.25) is 10.0 Å². The first-order valence-corrected chi connectivity index (χ1v) is 11.9. The van der Waals surface area contributed by atoms with E-state index in [1.807, 2.05) is 12.1 Å². The summed E-state index contributed by atoms with van der Waals surface area (Å²) in [6, 6.07) is 13.3. The molecule has 29 heavy (non-hydrogen) atoms. The van der Waals surface area contributed by atoms with Gasteiger partial charge in [0.1, 0.15) is 0 Å². The third-order valence-corrected chi connectivity index (χ3v) is 5.72. The third kappa shape index (κ3) is 6.58. The van der Waals surface area contributed by atoms with E-state index in [0.29, 0.717) is 17.8 Å². The Labute approximate surface area is 173 Å². The second-order valence-electron chi connectivity index (χ2n) is 7.74. The second-order valence-corrected chi connectivity index (χ2v) is 9.49. The molecule has 0 unspecified atom stereocenters. The number of rotatable bonds is 7. The first-order valence-electron chi connectivity index (χ1n) is 9.97. The minimum Gasteiger partial charge on any atom is -0.348 e.